The van der Waals surface area contributed by atoms with E-state index in [4.69, 9.17) is 4.84 Å². The Hall–Kier alpha value is -3.97. The van der Waals surface area contributed by atoms with Crippen LogP contribution in [0.3, 0.4) is 0 Å². The predicted octanol–water partition coefficient (Wildman–Crippen LogP) is 5.41. The van der Waals surface area contributed by atoms with E-state index in [1.54, 1.807) is 48.5 Å². The molecule has 0 fully saturated rings. The van der Waals surface area contributed by atoms with Crippen LogP contribution in [0.2, 0.25) is 0 Å². The van der Waals surface area contributed by atoms with E-state index in [1.165, 1.54) is 0 Å². The zero-order valence-corrected chi connectivity index (χ0v) is 21.1. The molecule has 2 heterocycles. The van der Waals surface area contributed by atoms with Gasteiger partial charge in [0, 0.05) is 28.9 Å². The summed E-state index contributed by atoms with van der Waals surface area (Å²) in [5.41, 5.74) is 3.98. The first-order valence-electron chi connectivity index (χ1n) is 11.7. The Bertz CT molecular complexity index is 1540. The summed E-state index contributed by atoms with van der Waals surface area (Å²) in [5, 5.41) is 3.99. The van der Waals surface area contributed by atoms with E-state index in [9.17, 15) is 13.2 Å². The molecule has 182 valence electrons. The largest absolute Gasteiger partial charge is 0.368 e. The number of sulfone groups is 1. The quantitative estimate of drug-likeness (QED) is 0.347. The van der Waals surface area contributed by atoms with Gasteiger partial charge in [0.05, 0.1) is 15.4 Å². The van der Waals surface area contributed by atoms with E-state index in [2.05, 4.69) is 23.9 Å². The topological polar surface area (TPSA) is 76.0 Å². The molecule has 0 unspecified atom stereocenters. The molecule has 0 bridgehead atoms. The van der Waals surface area contributed by atoms with Crippen LogP contribution in [-0.4, -0.2) is 26.6 Å². The molecule has 36 heavy (non-hydrogen) atoms. The fraction of sp³-hybridized carbons (Fsp3) is 0.172. The van der Waals surface area contributed by atoms with Crippen LogP contribution < -0.4 is 4.90 Å². The summed E-state index contributed by atoms with van der Waals surface area (Å²) in [6.45, 7) is 6.84. The minimum Gasteiger partial charge on any atom is -0.344 e. The van der Waals surface area contributed by atoms with Crippen LogP contribution in [0.1, 0.15) is 31.9 Å². The van der Waals surface area contributed by atoms with E-state index >= 15 is 0 Å². The number of allylic oxidation sites excluding steroid dienone is 3. The Morgan fingerprint density at radius 1 is 0.917 bits per heavy atom. The maximum Gasteiger partial charge on any atom is 0.368 e. The van der Waals surface area contributed by atoms with E-state index in [-0.39, 0.29) is 9.79 Å². The highest BCUT2D eigenvalue weighted by molar-refractivity contribution is 7.91. The van der Waals surface area contributed by atoms with Crippen molar-refractivity contribution in [3.8, 4) is 0 Å². The van der Waals surface area contributed by atoms with Gasteiger partial charge >= 0.3 is 5.97 Å². The summed E-state index contributed by atoms with van der Waals surface area (Å²) in [6.07, 6.45) is 3.66. The summed E-state index contributed by atoms with van der Waals surface area (Å²) < 4.78 is 26.6. The smallest absolute Gasteiger partial charge is 0.344 e. The number of benzene rings is 3. The van der Waals surface area contributed by atoms with E-state index < -0.39 is 21.2 Å². The number of fused-ring (bicyclic) bond motifs is 1. The Labute approximate surface area is 211 Å². The van der Waals surface area contributed by atoms with Crippen molar-refractivity contribution in [2.24, 2.45) is 5.16 Å². The van der Waals surface area contributed by atoms with Gasteiger partial charge in [-0.25, -0.2) is 13.2 Å². The molecule has 0 aromatic heterocycles. The zero-order chi connectivity index (χ0) is 25.5. The lowest BCUT2D eigenvalue weighted by molar-refractivity contribution is -0.136. The second-order valence-corrected chi connectivity index (χ2v) is 11.1. The number of carbonyl (C=O) groups excluding carboxylic acids is 1. The van der Waals surface area contributed by atoms with Crippen molar-refractivity contribution in [3.05, 3.63) is 113 Å². The monoisotopic (exact) mass is 498 g/mol. The van der Waals surface area contributed by atoms with E-state index in [0.717, 1.165) is 22.5 Å². The summed E-state index contributed by atoms with van der Waals surface area (Å²) in [7, 11) is -3.65. The normalized spacial score (nSPS) is 18.9. The van der Waals surface area contributed by atoms with Gasteiger partial charge in [0.2, 0.25) is 9.84 Å². The zero-order valence-electron chi connectivity index (χ0n) is 20.3. The van der Waals surface area contributed by atoms with Crippen molar-refractivity contribution >= 4 is 27.2 Å². The predicted molar refractivity (Wildman–Crippen MR) is 140 cm³/mol. The van der Waals surface area contributed by atoms with Crippen LogP contribution in [0.25, 0.3) is 0 Å². The first kappa shape index (κ1) is 23.8. The van der Waals surface area contributed by atoms with Gasteiger partial charge in [-0.1, -0.05) is 67.5 Å². The molecule has 0 atom stereocenters. The third-order valence-electron chi connectivity index (χ3n) is 6.69. The molecule has 0 radical (unpaired) electrons. The third kappa shape index (κ3) is 3.85. The van der Waals surface area contributed by atoms with Crippen molar-refractivity contribution < 1.29 is 18.0 Å². The summed E-state index contributed by atoms with van der Waals surface area (Å²) >= 11 is 0. The van der Waals surface area contributed by atoms with Crippen LogP contribution in [0.15, 0.2) is 117 Å². The van der Waals surface area contributed by atoms with Crippen LogP contribution >= 0.6 is 0 Å². The Balaban J connectivity index is 1.57. The number of hydrogen-bond donors (Lipinski definition) is 0. The summed E-state index contributed by atoms with van der Waals surface area (Å²) in [4.78, 5) is 20.1. The van der Waals surface area contributed by atoms with Crippen molar-refractivity contribution in [2.75, 3.05) is 11.4 Å². The number of nitrogens with zero attached hydrogens (tertiary/aromatic N) is 2. The molecule has 0 spiro atoms. The molecule has 0 amide bonds. The van der Waals surface area contributed by atoms with Gasteiger partial charge in [-0.05, 0) is 55.0 Å². The molecular formula is C29H26N2O4S. The fourth-order valence-electron chi connectivity index (χ4n) is 4.79. The van der Waals surface area contributed by atoms with Gasteiger partial charge in [-0.3, -0.25) is 0 Å². The number of hydrogen-bond acceptors (Lipinski definition) is 6. The standard InChI is InChI=1S/C29H26N2O4S/c1-4-31-25-17-15-22(36(33,34)21-13-9-6-10-14-21)19-24(25)29(2,3)26(31)18-16-23-27(30-35-28(23)32)20-11-7-5-8-12-20/h5-19H,4H2,1-3H3/b23-16-,26-18+. The molecule has 0 N–H and O–H groups in total. The Kier molecular flexibility index (Phi) is 5.88. The molecule has 0 aliphatic carbocycles. The number of carbonyl (C=O) groups is 1. The maximum atomic E-state index is 13.3. The average Bonchev–Trinajstić information content (AvgIpc) is 3.36. The average molecular weight is 499 g/mol. The van der Waals surface area contributed by atoms with Crippen molar-refractivity contribution in [3.63, 3.8) is 0 Å². The lowest BCUT2D eigenvalue weighted by Crippen LogP contribution is -2.25. The first-order valence-corrected chi connectivity index (χ1v) is 13.2. The molecular weight excluding hydrogens is 472 g/mol. The SMILES string of the molecule is CCN1/C(=C/C=C2\C(=O)ON=C2c2ccccc2)C(C)(C)c2cc(S(=O)(=O)c3ccccc3)ccc21. The molecule has 3 aromatic rings. The fourth-order valence-corrected chi connectivity index (χ4v) is 6.10. The van der Waals surface area contributed by atoms with Gasteiger partial charge in [-0.15, -0.1) is 0 Å². The molecule has 2 aliphatic rings. The van der Waals surface area contributed by atoms with Crippen molar-refractivity contribution in [1.29, 1.82) is 0 Å². The summed E-state index contributed by atoms with van der Waals surface area (Å²) in [5.74, 6) is -0.502. The molecule has 0 saturated heterocycles. The Morgan fingerprint density at radius 3 is 2.25 bits per heavy atom. The minimum absolute atomic E-state index is 0.258. The van der Waals surface area contributed by atoms with Gasteiger partial charge in [0.15, 0.2) is 0 Å². The van der Waals surface area contributed by atoms with Gasteiger partial charge in [-0.2, -0.15) is 0 Å². The number of rotatable bonds is 5. The third-order valence-corrected chi connectivity index (χ3v) is 8.46. The molecule has 3 aromatic carbocycles. The van der Waals surface area contributed by atoms with Crippen molar-refractivity contribution in [1.82, 2.24) is 0 Å². The molecule has 0 saturated carbocycles. The van der Waals surface area contributed by atoms with Crippen LogP contribution in [0.4, 0.5) is 5.69 Å². The highest BCUT2D eigenvalue weighted by Crippen LogP contribution is 2.48. The number of anilines is 1. The van der Waals surface area contributed by atoms with Crippen molar-refractivity contribution in [2.45, 2.75) is 36.0 Å². The van der Waals surface area contributed by atoms with Crippen LogP contribution in [0.5, 0.6) is 0 Å². The van der Waals surface area contributed by atoms with Gasteiger partial charge < -0.3 is 9.74 Å². The maximum absolute atomic E-state index is 13.3. The lowest BCUT2D eigenvalue weighted by Gasteiger charge is -2.25. The second kappa shape index (κ2) is 8.91. The minimum atomic E-state index is -3.65. The Morgan fingerprint density at radius 2 is 1.58 bits per heavy atom. The van der Waals surface area contributed by atoms with Crippen LogP contribution in [-0.2, 0) is 24.9 Å². The second-order valence-electron chi connectivity index (χ2n) is 9.18. The highest BCUT2D eigenvalue weighted by atomic mass is 32.2. The van der Waals surface area contributed by atoms with Gasteiger partial charge in [0.1, 0.15) is 5.71 Å². The molecule has 2 aliphatic heterocycles. The molecule has 7 heteroatoms. The van der Waals surface area contributed by atoms with E-state index in [0.29, 0.717) is 17.8 Å². The highest BCUT2D eigenvalue weighted by Gasteiger charge is 2.40. The molecule has 5 rings (SSSR count). The lowest BCUT2D eigenvalue weighted by atomic mass is 9.83. The van der Waals surface area contributed by atoms with E-state index in [1.807, 2.05) is 49.4 Å². The number of likely N-dealkylation sites (N-methyl/N-ethyl adjacent to an activating group) is 1. The molecule has 6 nitrogen and oxygen atoms in total. The number of oxime groups is 1. The van der Waals surface area contributed by atoms with Crippen LogP contribution in [0, 0.1) is 0 Å². The first-order chi connectivity index (χ1) is 17.2. The van der Waals surface area contributed by atoms with Gasteiger partial charge in [0.25, 0.3) is 0 Å². The summed E-state index contributed by atoms with van der Waals surface area (Å²) in [6, 6.07) is 23.2.